The molecule has 0 atom stereocenters. The SMILES string of the molecule is O=C(O)c1cccc(NS(=O)(=O)c2ccc(Cl)c(C(=O)Nc3ccccc3C(=O)O)c2)c1. The summed E-state index contributed by atoms with van der Waals surface area (Å²) in [7, 11) is -4.20. The number of benzene rings is 3. The van der Waals surface area contributed by atoms with E-state index in [0.29, 0.717) is 0 Å². The smallest absolute Gasteiger partial charge is 0.337 e. The molecule has 0 aliphatic heterocycles. The molecule has 0 fully saturated rings. The van der Waals surface area contributed by atoms with E-state index in [9.17, 15) is 27.9 Å². The van der Waals surface area contributed by atoms with Crippen molar-refractivity contribution in [3.63, 3.8) is 0 Å². The first kappa shape index (κ1) is 22.8. The van der Waals surface area contributed by atoms with Gasteiger partial charge in [0.1, 0.15) is 0 Å². The van der Waals surface area contributed by atoms with Gasteiger partial charge in [0.15, 0.2) is 0 Å². The first-order valence-electron chi connectivity index (χ1n) is 8.88. The third-order valence-corrected chi connectivity index (χ3v) is 5.97. The number of carboxylic acids is 2. The maximum atomic E-state index is 12.8. The molecule has 164 valence electrons. The van der Waals surface area contributed by atoms with E-state index in [2.05, 4.69) is 10.0 Å². The van der Waals surface area contributed by atoms with Crippen molar-refractivity contribution in [2.75, 3.05) is 10.0 Å². The Kier molecular flexibility index (Phi) is 6.47. The molecule has 0 saturated carbocycles. The fourth-order valence-electron chi connectivity index (χ4n) is 2.74. The number of halogens is 1. The Balaban J connectivity index is 1.91. The molecule has 0 unspecified atom stereocenters. The molecule has 9 nitrogen and oxygen atoms in total. The number of carbonyl (C=O) groups excluding carboxylic acids is 1. The minimum atomic E-state index is -4.20. The summed E-state index contributed by atoms with van der Waals surface area (Å²) < 4.78 is 27.8. The highest BCUT2D eigenvalue weighted by Crippen LogP contribution is 2.25. The third kappa shape index (κ3) is 5.05. The molecule has 0 aromatic heterocycles. The highest BCUT2D eigenvalue weighted by Gasteiger charge is 2.21. The van der Waals surface area contributed by atoms with Gasteiger partial charge in [-0.25, -0.2) is 18.0 Å². The zero-order valence-electron chi connectivity index (χ0n) is 16.1. The van der Waals surface area contributed by atoms with Gasteiger partial charge in [-0.3, -0.25) is 9.52 Å². The molecule has 0 radical (unpaired) electrons. The van der Waals surface area contributed by atoms with Crippen molar-refractivity contribution in [1.29, 1.82) is 0 Å². The van der Waals surface area contributed by atoms with Crippen LogP contribution in [-0.2, 0) is 10.0 Å². The van der Waals surface area contributed by atoms with Crippen LogP contribution < -0.4 is 10.0 Å². The van der Waals surface area contributed by atoms with Gasteiger partial charge in [-0.15, -0.1) is 0 Å². The maximum absolute atomic E-state index is 12.8. The number of rotatable bonds is 7. The summed E-state index contributed by atoms with van der Waals surface area (Å²) in [4.78, 5) is 34.8. The molecule has 11 heteroatoms. The number of carbonyl (C=O) groups is 3. The lowest BCUT2D eigenvalue weighted by molar-refractivity contribution is 0.0686. The van der Waals surface area contributed by atoms with Crippen LogP contribution >= 0.6 is 11.6 Å². The fourth-order valence-corrected chi connectivity index (χ4v) is 4.02. The average Bonchev–Trinajstić information content (AvgIpc) is 2.74. The van der Waals surface area contributed by atoms with Crippen molar-refractivity contribution in [2.24, 2.45) is 0 Å². The van der Waals surface area contributed by atoms with Crippen LogP contribution in [0, 0.1) is 0 Å². The minimum absolute atomic E-state index is 0.0120. The van der Waals surface area contributed by atoms with E-state index < -0.39 is 27.9 Å². The molecule has 3 aromatic carbocycles. The van der Waals surface area contributed by atoms with Gasteiger partial charge < -0.3 is 15.5 Å². The van der Waals surface area contributed by atoms with Crippen LogP contribution in [0.5, 0.6) is 0 Å². The second-order valence-electron chi connectivity index (χ2n) is 6.44. The van der Waals surface area contributed by atoms with Gasteiger partial charge in [-0.2, -0.15) is 0 Å². The van der Waals surface area contributed by atoms with Gasteiger partial charge in [0.2, 0.25) is 0 Å². The molecular weight excluding hydrogens is 460 g/mol. The van der Waals surface area contributed by atoms with Crippen LogP contribution in [0.15, 0.2) is 71.6 Å². The van der Waals surface area contributed by atoms with Crippen molar-refractivity contribution in [1.82, 2.24) is 0 Å². The van der Waals surface area contributed by atoms with Crippen LogP contribution in [0.4, 0.5) is 11.4 Å². The van der Waals surface area contributed by atoms with Crippen molar-refractivity contribution in [3.8, 4) is 0 Å². The first-order chi connectivity index (χ1) is 15.1. The number of aromatic carboxylic acids is 2. The average molecular weight is 475 g/mol. The van der Waals surface area contributed by atoms with Crippen LogP contribution in [-0.4, -0.2) is 36.5 Å². The Bertz CT molecular complexity index is 1340. The van der Waals surface area contributed by atoms with E-state index in [1.54, 1.807) is 0 Å². The van der Waals surface area contributed by atoms with Crippen molar-refractivity contribution >= 4 is 50.8 Å². The van der Waals surface area contributed by atoms with Gasteiger partial charge in [-0.1, -0.05) is 29.8 Å². The molecule has 0 aliphatic rings. The zero-order valence-corrected chi connectivity index (χ0v) is 17.6. The van der Waals surface area contributed by atoms with Crippen LogP contribution in [0.25, 0.3) is 0 Å². The normalized spacial score (nSPS) is 10.9. The number of nitrogens with one attached hydrogen (secondary N) is 2. The number of hydrogen-bond donors (Lipinski definition) is 4. The van der Waals surface area contributed by atoms with Crippen LogP contribution in [0.1, 0.15) is 31.1 Å². The molecule has 4 N–H and O–H groups in total. The lowest BCUT2D eigenvalue weighted by Crippen LogP contribution is -2.17. The van der Waals surface area contributed by atoms with Crippen LogP contribution in [0.3, 0.4) is 0 Å². The number of anilines is 2. The molecule has 1 amide bonds. The summed E-state index contributed by atoms with van der Waals surface area (Å²) in [5.41, 5.74) is -0.438. The van der Waals surface area contributed by atoms with Gasteiger partial charge >= 0.3 is 11.9 Å². The van der Waals surface area contributed by atoms with E-state index in [4.69, 9.17) is 16.7 Å². The molecule has 0 aliphatic carbocycles. The number of para-hydroxylation sites is 1. The molecule has 0 bridgehead atoms. The molecule has 3 rings (SSSR count). The van der Waals surface area contributed by atoms with E-state index >= 15 is 0 Å². The predicted octanol–water partition coefficient (Wildman–Crippen LogP) is 3.79. The van der Waals surface area contributed by atoms with Crippen molar-refractivity contribution < 1.29 is 33.0 Å². The highest BCUT2D eigenvalue weighted by molar-refractivity contribution is 7.92. The van der Waals surface area contributed by atoms with Crippen molar-refractivity contribution in [2.45, 2.75) is 4.90 Å². The Hall–Kier alpha value is -3.89. The topological polar surface area (TPSA) is 150 Å². The van der Waals surface area contributed by atoms with Gasteiger partial charge in [0.25, 0.3) is 15.9 Å². The Labute approximate surface area is 187 Å². The highest BCUT2D eigenvalue weighted by atomic mass is 35.5. The number of sulfonamides is 1. The molecular formula is C21H15ClN2O7S. The summed E-state index contributed by atoms with van der Waals surface area (Å²) in [5.74, 6) is -3.29. The summed E-state index contributed by atoms with van der Waals surface area (Å²) in [6.07, 6.45) is 0. The molecule has 0 spiro atoms. The second kappa shape index (κ2) is 9.08. The van der Waals surface area contributed by atoms with E-state index in [-0.39, 0.29) is 38.0 Å². The Morgan fingerprint density at radius 2 is 1.53 bits per heavy atom. The molecule has 0 heterocycles. The number of carboxylic acid groups (broad SMARTS) is 2. The summed E-state index contributed by atoms with van der Waals surface area (Å²) in [5, 5.41) is 20.7. The monoisotopic (exact) mass is 474 g/mol. The van der Waals surface area contributed by atoms with Crippen molar-refractivity contribution in [3.05, 3.63) is 88.4 Å². The van der Waals surface area contributed by atoms with E-state index in [0.717, 1.165) is 12.1 Å². The van der Waals surface area contributed by atoms with E-state index in [1.807, 2.05) is 0 Å². The second-order valence-corrected chi connectivity index (χ2v) is 8.53. The van der Waals surface area contributed by atoms with Gasteiger partial charge in [0, 0.05) is 5.69 Å². The summed E-state index contributed by atoms with van der Waals surface area (Å²) >= 11 is 6.07. The molecule has 32 heavy (non-hydrogen) atoms. The molecule has 0 saturated heterocycles. The third-order valence-electron chi connectivity index (χ3n) is 4.26. The fraction of sp³-hybridized carbons (Fsp3) is 0. The summed E-state index contributed by atoms with van der Waals surface area (Å²) in [6.45, 7) is 0. The maximum Gasteiger partial charge on any atom is 0.337 e. The zero-order chi connectivity index (χ0) is 23.5. The Morgan fingerprint density at radius 1 is 0.812 bits per heavy atom. The quantitative estimate of drug-likeness (QED) is 0.406. The lowest BCUT2D eigenvalue weighted by atomic mass is 10.1. The van der Waals surface area contributed by atoms with Gasteiger partial charge in [-0.05, 0) is 48.5 Å². The molecule has 3 aromatic rings. The predicted molar refractivity (Wildman–Crippen MR) is 117 cm³/mol. The number of hydrogen-bond acceptors (Lipinski definition) is 5. The van der Waals surface area contributed by atoms with E-state index in [1.165, 1.54) is 54.6 Å². The lowest BCUT2D eigenvalue weighted by Gasteiger charge is -2.12. The largest absolute Gasteiger partial charge is 0.478 e. The Morgan fingerprint density at radius 3 is 2.22 bits per heavy atom. The minimum Gasteiger partial charge on any atom is -0.478 e. The first-order valence-corrected chi connectivity index (χ1v) is 10.7. The van der Waals surface area contributed by atoms with Gasteiger partial charge in [0.05, 0.1) is 32.3 Å². The number of amides is 1. The standard InChI is InChI=1S/C21H15ClN2O7S/c22-17-9-8-14(32(30,31)24-13-5-3-4-12(10-13)20(26)27)11-16(17)19(25)23-18-7-2-1-6-15(18)21(28)29/h1-11,24H,(H,23,25)(H,26,27)(H,28,29). The van der Waals surface area contributed by atoms with Crippen LogP contribution in [0.2, 0.25) is 5.02 Å². The summed E-state index contributed by atoms with van der Waals surface area (Å²) in [6, 6.07) is 14.3.